The number of nitrogens with zero attached hydrogens (tertiary/aromatic N) is 1. The van der Waals surface area contributed by atoms with E-state index in [1.165, 1.54) is 18.2 Å². The van der Waals surface area contributed by atoms with Crippen LogP contribution in [0.25, 0.3) is 10.8 Å². The molecule has 0 saturated heterocycles. The topological polar surface area (TPSA) is 75.7 Å². The Morgan fingerprint density at radius 1 is 1.06 bits per heavy atom. The summed E-state index contributed by atoms with van der Waals surface area (Å²) in [5, 5.41) is 5.32. The third-order valence-electron chi connectivity index (χ3n) is 4.90. The molecule has 3 aromatic carbocycles. The minimum atomic E-state index is -3.76. The standard InChI is InChI=1S/C23H24Cl2N2O4S/c1-3-21(27(32(2,29)30)17-11-12-19(24)20(25)15-17)23(28)26-13-14-31-22-10-6-8-16-7-4-5-9-18(16)22/h4-12,15,21H,3,13-14H2,1-2H3,(H,26,28). The first kappa shape index (κ1) is 24.2. The molecule has 9 heteroatoms. The van der Waals surface area contributed by atoms with E-state index in [2.05, 4.69) is 5.32 Å². The first-order chi connectivity index (χ1) is 15.2. The summed E-state index contributed by atoms with van der Waals surface area (Å²) < 4.78 is 31.9. The van der Waals surface area contributed by atoms with Gasteiger partial charge in [-0.1, -0.05) is 66.5 Å². The van der Waals surface area contributed by atoms with Crippen molar-refractivity contribution < 1.29 is 17.9 Å². The number of sulfonamides is 1. The Balaban J connectivity index is 1.69. The third kappa shape index (κ3) is 5.65. The van der Waals surface area contributed by atoms with Gasteiger partial charge >= 0.3 is 0 Å². The number of rotatable bonds is 9. The molecular formula is C23H24Cl2N2O4S. The number of nitrogens with one attached hydrogen (secondary N) is 1. The first-order valence-electron chi connectivity index (χ1n) is 10.0. The van der Waals surface area contributed by atoms with Crippen molar-refractivity contribution in [2.75, 3.05) is 23.7 Å². The van der Waals surface area contributed by atoms with Gasteiger partial charge in [0.1, 0.15) is 18.4 Å². The van der Waals surface area contributed by atoms with Crippen LogP contribution in [0.4, 0.5) is 5.69 Å². The van der Waals surface area contributed by atoms with E-state index in [-0.39, 0.29) is 30.3 Å². The van der Waals surface area contributed by atoms with Crippen molar-refractivity contribution in [3.8, 4) is 5.75 Å². The van der Waals surface area contributed by atoms with Crippen LogP contribution in [0.5, 0.6) is 5.75 Å². The van der Waals surface area contributed by atoms with Gasteiger partial charge in [-0.15, -0.1) is 0 Å². The Labute approximate surface area is 198 Å². The largest absolute Gasteiger partial charge is 0.491 e. The van der Waals surface area contributed by atoms with Crippen LogP contribution >= 0.6 is 23.2 Å². The number of carbonyl (C=O) groups excluding carboxylic acids is 1. The van der Waals surface area contributed by atoms with Crippen LogP contribution < -0.4 is 14.4 Å². The lowest BCUT2D eigenvalue weighted by molar-refractivity contribution is -0.122. The molecule has 0 radical (unpaired) electrons. The molecule has 1 amide bonds. The highest BCUT2D eigenvalue weighted by molar-refractivity contribution is 7.92. The maximum Gasteiger partial charge on any atom is 0.244 e. The van der Waals surface area contributed by atoms with E-state index < -0.39 is 22.0 Å². The maximum atomic E-state index is 12.9. The number of hydrogen-bond donors (Lipinski definition) is 1. The van der Waals surface area contributed by atoms with E-state index in [4.69, 9.17) is 27.9 Å². The molecule has 1 N–H and O–H groups in total. The zero-order chi connectivity index (χ0) is 23.3. The quantitative estimate of drug-likeness (QED) is 0.429. The second-order valence-electron chi connectivity index (χ2n) is 7.20. The summed E-state index contributed by atoms with van der Waals surface area (Å²) in [4.78, 5) is 12.9. The van der Waals surface area contributed by atoms with Crippen LogP contribution in [0.15, 0.2) is 60.7 Å². The average Bonchev–Trinajstić information content (AvgIpc) is 2.76. The molecule has 0 aliphatic heterocycles. The lowest BCUT2D eigenvalue weighted by Gasteiger charge is -2.30. The zero-order valence-electron chi connectivity index (χ0n) is 17.7. The van der Waals surface area contributed by atoms with Crippen LogP contribution in [0, 0.1) is 0 Å². The van der Waals surface area contributed by atoms with E-state index in [0.29, 0.717) is 5.02 Å². The molecule has 3 rings (SSSR count). The highest BCUT2D eigenvalue weighted by Gasteiger charge is 2.31. The summed E-state index contributed by atoms with van der Waals surface area (Å²) in [6.45, 7) is 2.20. The highest BCUT2D eigenvalue weighted by Crippen LogP contribution is 2.30. The summed E-state index contributed by atoms with van der Waals surface area (Å²) in [7, 11) is -3.76. The molecule has 0 spiro atoms. The van der Waals surface area contributed by atoms with Crippen molar-refractivity contribution in [2.24, 2.45) is 0 Å². The van der Waals surface area contributed by atoms with Crippen molar-refractivity contribution >= 4 is 55.6 Å². The van der Waals surface area contributed by atoms with Gasteiger partial charge in [0, 0.05) is 5.39 Å². The monoisotopic (exact) mass is 494 g/mol. The molecule has 1 atom stereocenters. The average molecular weight is 495 g/mol. The van der Waals surface area contributed by atoms with Gasteiger partial charge < -0.3 is 10.1 Å². The van der Waals surface area contributed by atoms with Gasteiger partial charge in [0.25, 0.3) is 0 Å². The van der Waals surface area contributed by atoms with Crippen LogP contribution in [0.3, 0.4) is 0 Å². The molecule has 0 aliphatic rings. The molecule has 32 heavy (non-hydrogen) atoms. The lowest BCUT2D eigenvalue weighted by atomic mass is 10.1. The van der Waals surface area contributed by atoms with Gasteiger partial charge in [-0.05, 0) is 36.1 Å². The summed E-state index contributed by atoms with van der Waals surface area (Å²) >= 11 is 12.0. The Hall–Kier alpha value is -2.48. The fourth-order valence-electron chi connectivity index (χ4n) is 3.46. The van der Waals surface area contributed by atoms with Gasteiger partial charge in [-0.2, -0.15) is 0 Å². The lowest BCUT2D eigenvalue weighted by Crippen LogP contribution is -2.50. The molecule has 0 aromatic heterocycles. The molecule has 170 valence electrons. The fraction of sp³-hybridized carbons (Fsp3) is 0.261. The normalized spacial score (nSPS) is 12.4. The molecule has 0 bridgehead atoms. The van der Waals surface area contributed by atoms with Crippen LogP contribution in [0.1, 0.15) is 13.3 Å². The SMILES string of the molecule is CCC(C(=O)NCCOc1cccc2ccccc12)N(c1ccc(Cl)c(Cl)c1)S(C)(=O)=O. The molecule has 6 nitrogen and oxygen atoms in total. The van der Waals surface area contributed by atoms with E-state index in [9.17, 15) is 13.2 Å². The molecule has 1 unspecified atom stereocenters. The van der Waals surface area contributed by atoms with Gasteiger partial charge in [0.15, 0.2) is 0 Å². The zero-order valence-corrected chi connectivity index (χ0v) is 20.0. The van der Waals surface area contributed by atoms with Crippen molar-refractivity contribution in [3.05, 3.63) is 70.7 Å². The van der Waals surface area contributed by atoms with Crippen molar-refractivity contribution in [1.82, 2.24) is 5.32 Å². The van der Waals surface area contributed by atoms with E-state index in [1.807, 2.05) is 42.5 Å². The summed E-state index contributed by atoms with van der Waals surface area (Å²) in [6, 6.07) is 17.2. The van der Waals surface area contributed by atoms with Crippen molar-refractivity contribution in [1.29, 1.82) is 0 Å². The summed E-state index contributed by atoms with van der Waals surface area (Å²) in [6.07, 6.45) is 1.32. The number of benzene rings is 3. The maximum absolute atomic E-state index is 12.9. The highest BCUT2D eigenvalue weighted by atomic mass is 35.5. The van der Waals surface area contributed by atoms with Crippen LogP contribution in [-0.2, 0) is 14.8 Å². The minimum Gasteiger partial charge on any atom is -0.491 e. The van der Waals surface area contributed by atoms with Crippen LogP contribution in [0.2, 0.25) is 10.0 Å². The molecule has 0 fully saturated rings. The Kier molecular flexibility index (Phi) is 7.87. The molecule has 0 saturated carbocycles. The fourth-order valence-corrected chi connectivity index (χ4v) is 4.95. The second kappa shape index (κ2) is 10.4. The molecule has 0 aliphatic carbocycles. The summed E-state index contributed by atoms with van der Waals surface area (Å²) in [5.74, 6) is 0.295. The van der Waals surface area contributed by atoms with E-state index in [1.54, 1.807) is 6.92 Å². The van der Waals surface area contributed by atoms with Gasteiger partial charge in [-0.25, -0.2) is 8.42 Å². The Morgan fingerprint density at radius 2 is 1.78 bits per heavy atom. The summed E-state index contributed by atoms with van der Waals surface area (Å²) in [5.41, 5.74) is 0.274. The number of fused-ring (bicyclic) bond motifs is 1. The van der Waals surface area contributed by atoms with Gasteiger partial charge in [0.2, 0.25) is 15.9 Å². The second-order valence-corrected chi connectivity index (χ2v) is 9.87. The minimum absolute atomic E-state index is 0.205. The van der Waals surface area contributed by atoms with E-state index >= 15 is 0 Å². The van der Waals surface area contributed by atoms with Crippen LogP contribution in [-0.4, -0.2) is 39.8 Å². The van der Waals surface area contributed by atoms with Gasteiger partial charge in [-0.3, -0.25) is 9.10 Å². The third-order valence-corrected chi connectivity index (χ3v) is 6.81. The van der Waals surface area contributed by atoms with Crippen molar-refractivity contribution in [3.63, 3.8) is 0 Å². The smallest absolute Gasteiger partial charge is 0.244 e. The van der Waals surface area contributed by atoms with Crippen molar-refractivity contribution in [2.45, 2.75) is 19.4 Å². The predicted molar refractivity (Wildman–Crippen MR) is 130 cm³/mol. The molecular weight excluding hydrogens is 471 g/mol. The number of amides is 1. The number of anilines is 1. The van der Waals surface area contributed by atoms with Gasteiger partial charge in [0.05, 0.1) is 28.5 Å². The number of hydrogen-bond acceptors (Lipinski definition) is 4. The molecule has 3 aromatic rings. The number of halogens is 2. The Bertz CT molecular complexity index is 1210. The molecule has 0 heterocycles. The predicted octanol–water partition coefficient (Wildman–Crippen LogP) is 4.89. The first-order valence-corrected chi connectivity index (χ1v) is 12.7. The number of carbonyl (C=O) groups is 1. The number of ether oxygens (including phenoxy) is 1. The van der Waals surface area contributed by atoms with E-state index in [0.717, 1.165) is 27.1 Å². The Morgan fingerprint density at radius 3 is 2.47 bits per heavy atom.